The molecule has 0 spiro atoms. The zero-order valence-corrected chi connectivity index (χ0v) is 13.1. The molecule has 0 unspecified atom stereocenters. The first-order chi connectivity index (χ1) is 8.49. The smallest absolute Gasteiger partial charge is 0.221 e. The van der Waals surface area contributed by atoms with E-state index in [4.69, 9.17) is 4.43 Å². The van der Waals surface area contributed by atoms with E-state index in [-0.39, 0.29) is 11.1 Å². The number of hydrogen-bond acceptors (Lipinski definition) is 1. The van der Waals surface area contributed by atoms with Crippen molar-refractivity contribution in [1.82, 2.24) is 0 Å². The molecule has 1 radical (unpaired) electrons. The highest BCUT2D eigenvalue weighted by atomic mass is 28.3. The largest absolute Gasteiger partial charge is 0.409 e. The van der Waals surface area contributed by atoms with Crippen LogP contribution in [0, 0.1) is 0 Å². The van der Waals surface area contributed by atoms with Crippen LogP contribution in [0.1, 0.15) is 45.8 Å². The van der Waals surface area contributed by atoms with Crippen LogP contribution >= 0.6 is 0 Å². The Balaban J connectivity index is 2.80. The van der Waals surface area contributed by atoms with E-state index in [0.717, 1.165) is 12.5 Å². The fourth-order valence-electron chi connectivity index (χ4n) is 1.89. The molecule has 1 aromatic rings. The SMILES string of the molecule is C=CC[Si](O[C@@H](CC)c1ccccc1)C(C)(C)C. The van der Waals surface area contributed by atoms with Crippen molar-refractivity contribution in [2.45, 2.75) is 51.3 Å². The van der Waals surface area contributed by atoms with Crippen molar-refractivity contribution in [3.63, 3.8) is 0 Å². The molecule has 99 valence electrons. The Bertz CT molecular complexity index is 353. The Labute approximate surface area is 114 Å². The van der Waals surface area contributed by atoms with Gasteiger partial charge in [0.15, 0.2) is 0 Å². The van der Waals surface area contributed by atoms with Gasteiger partial charge < -0.3 is 4.43 Å². The van der Waals surface area contributed by atoms with Crippen LogP contribution in [0.3, 0.4) is 0 Å². The lowest BCUT2D eigenvalue weighted by Gasteiger charge is -2.31. The van der Waals surface area contributed by atoms with Crippen LogP contribution < -0.4 is 0 Å². The van der Waals surface area contributed by atoms with Gasteiger partial charge in [0.2, 0.25) is 9.04 Å². The van der Waals surface area contributed by atoms with Gasteiger partial charge in [-0.2, -0.15) is 0 Å². The number of hydrogen-bond donors (Lipinski definition) is 0. The zero-order valence-electron chi connectivity index (χ0n) is 12.1. The first-order valence-electron chi connectivity index (χ1n) is 6.67. The molecule has 2 heteroatoms. The van der Waals surface area contributed by atoms with Gasteiger partial charge >= 0.3 is 0 Å². The second-order valence-corrected chi connectivity index (χ2v) is 8.58. The maximum Gasteiger partial charge on any atom is 0.221 e. The molecule has 0 aliphatic rings. The summed E-state index contributed by atoms with van der Waals surface area (Å²) in [6.07, 6.45) is 3.24. The van der Waals surface area contributed by atoms with Crippen molar-refractivity contribution in [2.24, 2.45) is 0 Å². The average Bonchev–Trinajstić information content (AvgIpc) is 2.34. The van der Waals surface area contributed by atoms with Gasteiger partial charge in [0.05, 0.1) is 6.10 Å². The Morgan fingerprint density at radius 3 is 2.33 bits per heavy atom. The molecule has 0 saturated heterocycles. The maximum absolute atomic E-state index is 6.42. The first kappa shape index (κ1) is 15.2. The van der Waals surface area contributed by atoms with Crippen LogP contribution in [0.25, 0.3) is 0 Å². The molecule has 0 N–H and O–H groups in total. The molecular formula is C16H25OSi. The molecule has 1 aromatic carbocycles. The number of allylic oxidation sites excluding steroid dienone is 1. The molecule has 0 aliphatic carbocycles. The molecule has 0 heterocycles. The maximum atomic E-state index is 6.42. The molecule has 0 aromatic heterocycles. The van der Waals surface area contributed by atoms with Crippen LogP contribution in [-0.4, -0.2) is 9.04 Å². The summed E-state index contributed by atoms with van der Waals surface area (Å²) in [6.45, 7) is 12.9. The summed E-state index contributed by atoms with van der Waals surface area (Å²) >= 11 is 0. The minimum absolute atomic E-state index is 0.222. The molecule has 1 nitrogen and oxygen atoms in total. The highest BCUT2D eigenvalue weighted by Gasteiger charge is 2.30. The van der Waals surface area contributed by atoms with E-state index in [1.165, 1.54) is 5.56 Å². The standard InChI is InChI=1S/C16H25OSi/c1-6-13-18(16(3,4)5)17-15(7-2)14-11-9-8-10-12-14/h6,8-12,15H,1,7,13H2,2-5H3/t15-/m0/s1. The van der Waals surface area contributed by atoms with Crippen molar-refractivity contribution >= 4 is 9.04 Å². The van der Waals surface area contributed by atoms with E-state index in [1.54, 1.807) is 0 Å². The fraction of sp³-hybridized carbons (Fsp3) is 0.500. The predicted molar refractivity (Wildman–Crippen MR) is 81.0 cm³/mol. The van der Waals surface area contributed by atoms with Gasteiger partial charge in [-0.1, -0.05) is 64.1 Å². The molecule has 18 heavy (non-hydrogen) atoms. The van der Waals surface area contributed by atoms with Gasteiger partial charge in [-0.3, -0.25) is 0 Å². The van der Waals surface area contributed by atoms with E-state index in [2.05, 4.69) is 64.6 Å². The van der Waals surface area contributed by atoms with E-state index in [9.17, 15) is 0 Å². The third-order valence-electron chi connectivity index (χ3n) is 2.99. The summed E-state index contributed by atoms with van der Waals surface area (Å²) < 4.78 is 6.42. The van der Waals surface area contributed by atoms with Crippen LogP contribution in [0.15, 0.2) is 43.0 Å². The number of benzene rings is 1. The summed E-state index contributed by atoms with van der Waals surface area (Å²) in [5.74, 6) is 0. The molecule has 0 saturated carbocycles. The van der Waals surface area contributed by atoms with Gasteiger partial charge in [0.25, 0.3) is 0 Å². The predicted octanol–water partition coefficient (Wildman–Crippen LogP) is 5.13. The van der Waals surface area contributed by atoms with E-state index < -0.39 is 9.04 Å². The van der Waals surface area contributed by atoms with Crippen molar-refractivity contribution in [2.75, 3.05) is 0 Å². The van der Waals surface area contributed by atoms with Gasteiger partial charge in [0.1, 0.15) is 0 Å². The summed E-state index contributed by atoms with van der Waals surface area (Å²) in [6, 6.07) is 11.5. The first-order valence-corrected chi connectivity index (χ1v) is 8.29. The summed E-state index contributed by atoms with van der Waals surface area (Å²) in [4.78, 5) is 0. The highest BCUT2D eigenvalue weighted by Crippen LogP contribution is 2.34. The fourth-order valence-corrected chi connectivity index (χ4v) is 3.86. The summed E-state index contributed by atoms with van der Waals surface area (Å²) in [7, 11) is -0.887. The lowest BCUT2D eigenvalue weighted by Crippen LogP contribution is -2.30. The molecule has 1 rings (SSSR count). The van der Waals surface area contributed by atoms with E-state index in [0.29, 0.717) is 0 Å². The minimum Gasteiger partial charge on any atom is -0.409 e. The van der Waals surface area contributed by atoms with Gasteiger partial charge in [-0.25, -0.2) is 0 Å². The normalized spacial score (nSPS) is 13.6. The molecule has 1 atom stereocenters. The van der Waals surface area contributed by atoms with Crippen LogP contribution in [0.5, 0.6) is 0 Å². The van der Waals surface area contributed by atoms with Gasteiger partial charge in [-0.15, -0.1) is 6.58 Å². The quantitative estimate of drug-likeness (QED) is 0.509. The van der Waals surface area contributed by atoms with Crippen LogP contribution in [0.4, 0.5) is 0 Å². The molecule has 0 bridgehead atoms. The molecular weight excluding hydrogens is 236 g/mol. The topological polar surface area (TPSA) is 9.23 Å². The van der Waals surface area contributed by atoms with E-state index >= 15 is 0 Å². The Kier molecular flexibility index (Phi) is 5.83. The zero-order chi connectivity index (χ0) is 13.6. The van der Waals surface area contributed by atoms with Crippen molar-refractivity contribution < 1.29 is 4.43 Å². The summed E-state index contributed by atoms with van der Waals surface area (Å²) in [5.41, 5.74) is 1.29. The monoisotopic (exact) mass is 261 g/mol. The average molecular weight is 261 g/mol. The Morgan fingerprint density at radius 1 is 1.28 bits per heavy atom. The van der Waals surface area contributed by atoms with Crippen molar-refractivity contribution in [3.05, 3.63) is 48.6 Å². The Morgan fingerprint density at radius 2 is 1.89 bits per heavy atom. The van der Waals surface area contributed by atoms with Crippen LogP contribution in [0.2, 0.25) is 11.1 Å². The summed E-state index contributed by atoms with van der Waals surface area (Å²) in [5, 5.41) is 0.237. The van der Waals surface area contributed by atoms with E-state index in [1.807, 2.05) is 6.08 Å². The molecule has 0 fully saturated rings. The third-order valence-corrected chi connectivity index (χ3v) is 5.89. The van der Waals surface area contributed by atoms with Crippen molar-refractivity contribution in [3.8, 4) is 0 Å². The van der Waals surface area contributed by atoms with Crippen LogP contribution in [-0.2, 0) is 4.43 Å². The highest BCUT2D eigenvalue weighted by molar-refractivity contribution is 6.55. The van der Waals surface area contributed by atoms with Gasteiger partial charge in [0, 0.05) is 0 Å². The molecule has 0 aliphatic heterocycles. The lowest BCUT2D eigenvalue weighted by atomic mass is 10.1. The third kappa shape index (κ3) is 4.43. The molecule has 0 amide bonds. The minimum atomic E-state index is -0.887. The number of rotatable bonds is 6. The second kappa shape index (κ2) is 6.91. The van der Waals surface area contributed by atoms with Gasteiger partial charge in [-0.05, 0) is 23.1 Å². The lowest BCUT2D eigenvalue weighted by molar-refractivity contribution is 0.190. The second-order valence-electron chi connectivity index (χ2n) is 5.59. The van der Waals surface area contributed by atoms with Crippen molar-refractivity contribution in [1.29, 1.82) is 0 Å². The Hall–Kier alpha value is -0.863.